The Bertz CT molecular complexity index is 1040. The quantitative estimate of drug-likeness (QED) is 0.446. The van der Waals surface area contributed by atoms with Crippen LogP contribution < -0.4 is 14.2 Å². The second-order valence-electron chi connectivity index (χ2n) is 7.71. The average molecular weight is 438 g/mol. The highest BCUT2D eigenvalue weighted by Crippen LogP contribution is 2.32. The van der Waals surface area contributed by atoms with Crippen LogP contribution in [0.1, 0.15) is 39.2 Å². The number of hydrogen-bond acceptors (Lipinski definition) is 5. The highest BCUT2D eigenvalue weighted by molar-refractivity contribution is 7.12. The van der Waals surface area contributed by atoms with Crippen LogP contribution in [0.15, 0.2) is 53.9 Å². The van der Waals surface area contributed by atoms with Gasteiger partial charge in [0.25, 0.3) is 5.91 Å². The van der Waals surface area contributed by atoms with E-state index in [1.54, 1.807) is 14.2 Å². The molecule has 1 fully saturated rings. The lowest BCUT2D eigenvalue weighted by Gasteiger charge is -2.22. The minimum atomic E-state index is 0.139. The molecule has 4 rings (SSSR count). The van der Waals surface area contributed by atoms with E-state index in [4.69, 9.17) is 14.2 Å². The summed E-state index contributed by atoms with van der Waals surface area (Å²) in [4.78, 5) is 15.9. The van der Waals surface area contributed by atoms with Crippen LogP contribution in [-0.4, -0.2) is 31.1 Å². The molecule has 0 unspecified atom stereocenters. The van der Waals surface area contributed by atoms with E-state index in [1.165, 1.54) is 11.3 Å². The molecule has 5 nitrogen and oxygen atoms in total. The van der Waals surface area contributed by atoms with Crippen LogP contribution in [-0.2, 0) is 13.2 Å². The van der Waals surface area contributed by atoms with Crippen molar-refractivity contribution in [3.63, 3.8) is 0 Å². The Balaban J connectivity index is 1.41. The fourth-order valence-electron chi connectivity index (χ4n) is 3.52. The van der Waals surface area contributed by atoms with E-state index in [0.717, 1.165) is 51.7 Å². The molecule has 0 radical (unpaired) electrons. The fraction of sp³-hybridized carbons (Fsp3) is 0.320. The predicted octanol–water partition coefficient (Wildman–Crippen LogP) is 5.46. The number of nitrogens with zero attached hydrogens (tertiary/aromatic N) is 1. The first-order chi connectivity index (χ1) is 15.1. The van der Waals surface area contributed by atoms with Crippen molar-refractivity contribution in [1.29, 1.82) is 0 Å². The van der Waals surface area contributed by atoms with Gasteiger partial charge in [-0.2, -0.15) is 0 Å². The van der Waals surface area contributed by atoms with Crippen LogP contribution in [0.3, 0.4) is 0 Å². The van der Waals surface area contributed by atoms with Gasteiger partial charge < -0.3 is 19.1 Å². The molecule has 1 saturated carbocycles. The molecule has 0 bridgehead atoms. The van der Waals surface area contributed by atoms with Crippen molar-refractivity contribution >= 4 is 17.2 Å². The molecule has 2 aromatic carbocycles. The Morgan fingerprint density at radius 1 is 1.03 bits per heavy atom. The van der Waals surface area contributed by atoms with E-state index < -0.39 is 0 Å². The van der Waals surface area contributed by atoms with Gasteiger partial charge in [0, 0.05) is 18.2 Å². The van der Waals surface area contributed by atoms with Crippen LogP contribution in [0, 0.1) is 6.92 Å². The third-order valence-corrected chi connectivity index (χ3v) is 6.47. The molecule has 0 spiro atoms. The molecule has 31 heavy (non-hydrogen) atoms. The zero-order chi connectivity index (χ0) is 21.8. The molecule has 1 aromatic heterocycles. The lowest BCUT2D eigenvalue weighted by Crippen LogP contribution is -2.32. The Kier molecular flexibility index (Phi) is 6.47. The van der Waals surface area contributed by atoms with Crippen LogP contribution in [0.5, 0.6) is 17.2 Å². The number of carbonyl (C=O) groups is 1. The maximum atomic E-state index is 13.0. The third-order valence-electron chi connectivity index (χ3n) is 5.46. The minimum Gasteiger partial charge on any atom is -0.497 e. The molecule has 0 N–H and O–H groups in total. The standard InChI is InChI=1S/C25H27NO4S/c1-17-12-13-31-24(17)25(27)26(20-6-7-20)15-18-4-8-21(9-5-18)30-16-19-14-22(28-2)10-11-23(19)29-3/h4-5,8-14,20H,6-7,15-16H2,1-3H3. The Labute approximate surface area is 187 Å². The molecule has 1 aliphatic carbocycles. The van der Waals surface area contributed by atoms with Gasteiger partial charge in [-0.3, -0.25) is 4.79 Å². The summed E-state index contributed by atoms with van der Waals surface area (Å²) in [6.07, 6.45) is 2.17. The Morgan fingerprint density at radius 2 is 1.77 bits per heavy atom. The number of carbonyl (C=O) groups excluding carboxylic acids is 1. The highest BCUT2D eigenvalue weighted by Gasteiger charge is 2.34. The highest BCUT2D eigenvalue weighted by atomic mass is 32.1. The second kappa shape index (κ2) is 9.43. The number of thiophene rings is 1. The second-order valence-corrected chi connectivity index (χ2v) is 8.62. The van der Waals surface area contributed by atoms with Gasteiger partial charge in [-0.25, -0.2) is 0 Å². The lowest BCUT2D eigenvalue weighted by molar-refractivity contribution is 0.0734. The molecular weight excluding hydrogens is 410 g/mol. The van der Waals surface area contributed by atoms with E-state index in [0.29, 0.717) is 19.2 Å². The number of rotatable bonds is 9. The van der Waals surface area contributed by atoms with E-state index >= 15 is 0 Å². The van der Waals surface area contributed by atoms with Crippen LogP contribution in [0.25, 0.3) is 0 Å². The smallest absolute Gasteiger partial charge is 0.264 e. The zero-order valence-electron chi connectivity index (χ0n) is 18.1. The van der Waals surface area contributed by atoms with Crippen molar-refractivity contribution in [1.82, 2.24) is 4.90 Å². The molecule has 6 heteroatoms. The minimum absolute atomic E-state index is 0.139. The van der Waals surface area contributed by atoms with Crippen molar-refractivity contribution in [3.8, 4) is 17.2 Å². The van der Waals surface area contributed by atoms with Gasteiger partial charge in [-0.05, 0) is 72.7 Å². The van der Waals surface area contributed by atoms with E-state index in [2.05, 4.69) is 0 Å². The van der Waals surface area contributed by atoms with Crippen LogP contribution in [0.4, 0.5) is 0 Å². The Morgan fingerprint density at radius 3 is 2.39 bits per heavy atom. The summed E-state index contributed by atoms with van der Waals surface area (Å²) in [6, 6.07) is 16.0. The predicted molar refractivity (Wildman–Crippen MR) is 122 cm³/mol. The monoisotopic (exact) mass is 437 g/mol. The van der Waals surface area contributed by atoms with Gasteiger partial charge in [0.2, 0.25) is 0 Å². The average Bonchev–Trinajstić information content (AvgIpc) is 3.55. The molecule has 0 aliphatic heterocycles. The summed E-state index contributed by atoms with van der Waals surface area (Å²) in [5.74, 6) is 2.44. The maximum Gasteiger partial charge on any atom is 0.264 e. The van der Waals surface area contributed by atoms with Gasteiger partial charge in [0.15, 0.2) is 0 Å². The van der Waals surface area contributed by atoms with Crippen LogP contribution in [0.2, 0.25) is 0 Å². The van der Waals surface area contributed by atoms with Gasteiger partial charge in [-0.15, -0.1) is 11.3 Å². The zero-order valence-corrected chi connectivity index (χ0v) is 18.9. The summed E-state index contributed by atoms with van der Waals surface area (Å²) in [6.45, 7) is 2.99. The molecule has 0 saturated heterocycles. The summed E-state index contributed by atoms with van der Waals surface area (Å²) in [7, 11) is 3.28. The first-order valence-electron chi connectivity index (χ1n) is 10.4. The number of amides is 1. The van der Waals surface area contributed by atoms with E-state index in [1.807, 2.05) is 65.7 Å². The van der Waals surface area contributed by atoms with Crippen LogP contribution >= 0.6 is 11.3 Å². The number of benzene rings is 2. The first-order valence-corrected chi connectivity index (χ1v) is 11.2. The summed E-state index contributed by atoms with van der Waals surface area (Å²) in [5.41, 5.74) is 3.07. The molecule has 0 atom stereocenters. The number of ether oxygens (including phenoxy) is 3. The van der Waals surface area contributed by atoms with Gasteiger partial charge in [0.05, 0.1) is 19.1 Å². The number of methoxy groups -OCH3 is 2. The summed E-state index contributed by atoms with van der Waals surface area (Å²) >= 11 is 1.52. The molecule has 1 heterocycles. The lowest BCUT2D eigenvalue weighted by atomic mass is 10.1. The Hall–Kier alpha value is -2.99. The van der Waals surface area contributed by atoms with Gasteiger partial charge in [0.1, 0.15) is 23.9 Å². The van der Waals surface area contributed by atoms with Crippen molar-refractivity contribution in [2.75, 3.05) is 14.2 Å². The largest absolute Gasteiger partial charge is 0.497 e. The van der Waals surface area contributed by atoms with Gasteiger partial charge in [-0.1, -0.05) is 12.1 Å². The van der Waals surface area contributed by atoms with E-state index in [9.17, 15) is 4.79 Å². The molecule has 3 aromatic rings. The topological polar surface area (TPSA) is 48.0 Å². The molecular formula is C25H27NO4S. The molecule has 1 amide bonds. The third kappa shape index (κ3) is 5.02. The normalized spacial score (nSPS) is 13.0. The number of aryl methyl sites for hydroxylation is 1. The first kappa shape index (κ1) is 21.2. The summed E-state index contributed by atoms with van der Waals surface area (Å²) < 4.78 is 16.7. The van der Waals surface area contributed by atoms with E-state index in [-0.39, 0.29) is 5.91 Å². The SMILES string of the molecule is COc1ccc(OC)c(COc2ccc(CN(C(=O)c3sccc3C)C3CC3)cc2)c1. The van der Waals surface area contributed by atoms with Crippen molar-refractivity contribution < 1.29 is 19.0 Å². The fourth-order valence-corrected chi connectivity index (χ4v) is 4.40. The number of hydrogen-bond donors (Lipinski definition) is 0. The van der Waals surface area contributed by atoms with Crippen molar-refractivity contribution in [2.45, 2.75) is 39.0 Å². The van der Waals surface area contributed by atoms with Crippen molar-refractivity contribution in [3.05, 3.63) is 75.5 Å². The molecule has 1 aliphatic rings. The maximum absolute atomic E-state index is 13.0. The van der Waals surface area contributed by atoms with Gasteiger partial charge >= 0.3 is 0 Å². The molecule has 162 valence electrons. The summed E-state index contributed by atoms with van der Waals surface area (Å²) in [5, 5.41) is 1.98. The van der Waals surface area contributed by atoms with Crippen molar-refractivity contribution in [2.24, 2.45) is 0 Å².